The van der Waals surface area contributed by atoms with E-state index in [0.717, 1.165) is 16.3 Å². The van der Waals surface area contributed by atoms with Crippen LogP contribution in [0.5, 0.6) is 5.75 Å². The second kappa shape index (κ2) is 13.0. The van der Waals surface area contributed by atoms with E-state index in [1.54, 1.807) is 36.4 Å². The molecule has 208 valence electrons. The Hall–Kier alpha value is -4.17. The highest BCUT2D eigenvalue weighted by atomic mass is 35.5. The molecule has 0 saturated carbocycles. The summed E-state index contributed by atoms with van der Waals surface area (Å²) in [4.78, 5) is 20.4. The maximum Gasteiger partial charge on any atom is 0.325 e. The molecule has 4 rings (SSSR count). The topological polar surface area (TPSA) is 198 Å². The van der Waals surface area contributed by atoms with E-state index < -0.39 is 11.5 Å². The van der Waals surface area contributed by atoms with Crippen LogP contribution in [0, 0.1) is 22.7 Å². The third-order valence-corrected chi connectivity index (χ3v) is 8.37. The van der Waals surface area contributed by atoms with E-state index in [1.807, 2.05) is 17.5 Å². The number of carbonyl (C=O) groups is 1. The number of rotatable bonds is 11. The molecular formula is C28H24ClN7O3S2. The number of nitrogens with two attached hydrogens (primary N) is 3. The third-order valence-electron chi connectivity index (χ3n) is 6.17. The van der Waals surface area contributed by atoms with Gasteiger partial charge in [0, 0.05) is 40.2 Å². The number of carboxylic acid groups (broad SMARTS) is 1. The summed E-state index contributed by atoms with van der Waals surface area (Å²) >= 11 is 8.79. The predicted octanol–water partition coefficient (Wildman–Crippen LogP) is 4.65. The Bertz CT molecular complexity index is 1650. The van der Waals surface area contributed by atoms with Crippen LogP contribution < -0.4 is 21.9 Å². The van der Waals surface area contributed by atoms with Crippen molar-refractivity contribution in [2.45, 2.75) is 22.7 Å². The molecule has 0 unspecified atom stereocenters. The summed E-state index contributed by atoms with van der Waals surface area (Å²) in [7, 11) is 0. The number of benzene rings is 2. The summed E-state index contributed by atoms with van der Waals surface area (Å²) in [5.74, 6) is -0.301. The second-order valence-corrected chi connectivity index (χ2v) is 11.1. The minimum absolute atomic E-state index is 0.0131. The summed E-state index contributed by atoms with van der Waals surface area (Å²) in [5.41, 5.74) is 18.9. The smallest absolute Gasteiger partial charge is 0.325 e. The molecule has 13 heteroatoms. The lowest BCUT2D eigenvalue weighted by Crippen LogP contribution is -2.54. The summed E-state index contributed by atoms with van der Waals surface area (Å²) in [5, 5.41) is 33.0. The van der Waals surface area contributed by atoms with Crippen molar-refractivity contribution in [2.75, 3.05) is 18.9 Å². The highest BCUT2D eigenvalue weighted by molar-refractivity contribution is 7.98. The second-order valence-electron chi connectivity index (χ2n) is 8.88. The predicted molar refractivity (Wildman–Crippen MR) is 159 cm³/mol. The van der Waals surface area contributed by atoms with Crippen molar-refractivity contribution >= 4 is 46.5 Å². The molecular weight excluding hydrogens is 582 g/mol. The van der Waals surface area contributed by atoms with Crippen LogP contribution in [-0.2, 0) is 10.5 Å². The molecule has 0 bridgehead atoms. The number of carboxylic acids is 1. The van der Waals surface area contributed by atoms with Crippen molar-refractivity contribution in [3.63, 3.8) is 0 Å². The first-order valence-electron chi connectivity index (χ1n) is 12.1. The number of aliphatic carboxylic acids is 1. The van der Waals surface area contributed by atoms with Crippen LogP contribution in [0.15, 0.2) is 58.9 Å². The molecule has 0 aliphatic carbocycles. The molecule has 4 aromatic rings. The quantitative estimate of drug-likeness (QED) is 0.173. The van der Waals surface area contributed by atoms with Gasteiger partial charge in [-0.2, -0.15) is 10.5 Å². The number of pyridine rings is 1. The Labute approximate surface area is 249 Å². The summed E-state index contributed by atoms with van der Waals surface area (Å²) in [6.45, 7) is -0.195. The number of ether oxygens (including phenoxy) is 1. The SMILES string of the molecule is N#Cc1c(N)nc(SCc2csc(-c3ccc(Cl)cc3)n2)c(C#N)c1-c1ccc(OCC[C@](N)(CN)C(=O)O)cc1. The summed E-state index contributed by atoms with van der Waals surface area (Å²) in [6.07, 6.45) is 0.0133. The minimum Gasteiger partial charge on any atom is -0.494 e. The van der Waals surface area contributed by atoms with E-state index in [0.29, 0.717) is 32.7 Å². The van der Waals surface area contributed by atoms with Gasteiger partial charge in [0.25, 0.3) is 0 Å². The molecule has 2 aromatic carbocycles. The third kappa shape index (κ3) is 6.77. The summed E-state index contributed by atoms with van der Waals surface area (Å²) in [6, 6.07) is 18.3. The first-order chi connectivity index (χ1) is 19.7. The van der Waals surface area contributed by atoms with Crippen molar-refractivity contribution in [2.24, 2.45) is 11.5 Å². The number of halogens is 1. The normalized spacial score (nSPS) is 12.2. The maximum absolute atomic E-state index is 11.3. The number of hydrogen-bond acceptors (Lipinski definition) is 11. The van der Waals surface area contributed by atoms with Crippen LogP contribution in [0.1, 0.15) is 23.2 Å². The first kappa shape index (κ1) is 29.8. The van der Waals surface area contributed by atoms with Gasteiger partial charge in [0.1, 0.15) is 44.8 Å². The van der Waals surface area contributed by atoms with Crippen molar-refractivity contribution < 1.29 is 14.6 Å². The lowest BCUT2D eigenvalue weighted by atomic mass is 9.96. The number of hydrogen-bond donors (Lipinski definition) is 4. The van der Waals surface area contributed by atoms with Crippen molar-refractivity contribution in [3.05, 3.63) is 75.8 Å². The molecule has 0 saturated heterocycles. The number of thiazole rings is 1. The molecule has 0 radical (unpaired) electrons. The van der Waals surface area contributed by atoms with Crippen LogP contribution >= 0.6 is 34.7 Å². The highest BCUT2D eigenvalue weighted by Gasteiger charge is 2.32. The van der Waals surface area contributed by atoms with E-state index in [1.165, 1.54) is 23.1 Å². The number of nitrogens with zero attached hydrogens (tertiary/aromatic N) is 4. The van der Waals surface area contributed by atoms with Gasteiger partial charge < -0.3 is 27.0 Å². The molecule has 41 heavy (non-hydrogen) atoms. The van der Waals surface area contributed by atoms with Crippen LogP contribution in [0.2, 0.25) is 5.02 Å². The molecule has 1 atom stereocenters. The largest absolute Gasteiger partial charge is 0.494 e. The molecule has 7 N–H and O–H groups in total. The van der Waals surface area contributed by atoms with Gasteiger partial charge in [-0.3, -0.25) is 4.79 Å². The molecule has 2 heterocycles. The Morgan fingerprint density at radius 2 is 1.73 bits per heavy atom. The van der Waals surface area contributed by atoms with Gasteiger partial charge in [0.2, 0.25) is 0 Å². The number of aromatic nitrogens is 2. The average Bonchev–Trinajstić information content (AvgIpc) is 3.45. The standard InChI is InChI=1S/C28H24ClN7O3S2/c29-18-5-1-17(2-6-18)25-35-19(13-40-25)14-41-26-22(12-31)23(21(11-30)24(33)36-26)16-3-7-20(8-4-16)39-10-9-28(34,15-32)27(37)38/h1-8,13H,9-10,14-15,32,34H2,(H2,33,36)(H,37,38)/t28-/m0/s1. The highest BCUT2D eigenvalue weighted by Crippen LogP contribution is 2.37. The van der Waals surface area contributed by atoms with Gasteiger partial charge >= 0.3 is 5.97 Å². The fourth-order valence-corrected chi connectivity index (χ4v) is 5.74. The Kier molecular flexibility index (Phi) is 9.45. The molecule has 0 aliphatic heterocycles. The molecule has 0 amide bonds. The van der Waals surface area contributed by atoms with E-state index >= 15 is 0 Å². The Morgan fingerprint density at radius 3 is 2.34 bits per heavy atom. The Balaban J connectivity index is 1.55. The summed E-state index contributed by atoms with van der Waals surface area (Å²) < 4.78 is 5.65. The van der Waals surface area contributed by atoms with Gasteiger partial charge in [-0.15, -0.1) is 11.3 Å². The molecule has 10 nitrogen and oxygen atoms in total. The maximum atomic E-state index is 11.3. The number of nitriles is 2. The number of nitrogen functional groups attached to an aromatic ring is 1. The first-order valence-corrected chi connectivity index (χ1v) is 14.4. The average molecular weight is 606 g/mol. The van der Waals surface area contributed by atoms with Crippen LogP contribution in [0.3, 0.4) is 0 Å². The van der Waals surface area contributed by atoms with Crippen molar-refractivity contribution in [1.29, 1.82) is 10.5 Å². The van der Waals surface area contributed by atoms with E-state index in [9.17, 15) is 20.4 Å². The monoisotopic (exact) mass is 605 g/mol. The van der Waals surface area contributed by atoms with Crippen molar-refractivity contribution in [1.82, 2.24) is 9.97 Å². The molecule has 0 spiro atoms. The molecule has 0 fully saturated rings. The van der Waals surface area contributed by atoms with E-state index in [-0.39, 0.29) is 36.5 Å². The van der Waals surface area contributed by atoms with Crippen LogP contribution in [-0.4, -0.2) is 39.7 Å². The fourth-order valence-electron chi connectivity index (χ4n) is 3.80. The van der Waals surface area contributed by atoms with Gasteiger partial charge in [-0.25, -0.2) is 9.97 Å². The molecule has 2 aromatic heterocycles. The van der Waals surface area contributed by atoms with Gasteiger partial charge in [-0.05, 0) is 29.8 Å². The van der Waals surface area contributed by atoms with E-state index in [2.05, 4.69) is 22.1 Å². The lowest BCUT2D eigenvalue weighted by Gasteiger charge is -2.22. The zero-order valence-corrected chi connectivity index (χ0v) is 23.9. The van der Waals surface area contributed by atoms with Gasteiger partial charge in [-0.1, -0.05) is 47.6 Å². The Morgan fingerprint density at radius 1 is 1.07 bits per heavy atom. The van der Waals surface area contributed by atoms with Crippen LogP contribution in [0.25, 0.3) is 21.7 Å². The van der Waals surface area contributed by atoms with Gasteiger partial charge in [0.15, 0.2) is 0 Å². The zero-order valence-electron chi connectivity index (χ0n) is 21.5. The number of anilines is 1. The minimum atomic E-state index is -1.58. The fraction of sp³-hybridized carbons (Fsp3) is 0.179. The van der Waals surface area contributed by atoms with Crippen LogP contribution in [0.4, 0.5) is 5.82 Å². The molecule has 0 aliphatic rings. The van der Waals surface area contributed by atoms with E-state index in [4.69, 9.17) is 33.5 Å². The number of thioether (sulfide) groups is 1. The van der Waals surface area contributed by atoms with Crippen molar-refractivity contribution in [3.8, 4) is 39.6 Å². The lowest BCUT2D eigenvalue weighted by molar-refractivity contribution is -0.143. The zero-order chi connectivity index (χ0) is 29.6. The van der Waals surface area contributed by atoms with Gasteiger partial charge in [0.05, 0.1) is 17.9 Å².